The summed E-state index contributed by atoms with van der Waals surface area (Å²) in [7, 11) is 0. The van der Waals surface area contributed by atoms with Gasteiger partial charge in [-0.15, -0.1) is 0 Å². The third-order valence-corrected chi connectivity index (χ3v) is 3.75. The van der Waals surface area contributed by atoms with Gasteiger partial charge in [-0.2, -0.15) is 0 Å². The third kappa shape index (κ3) is 4.37. The Morgan fingerprint density at radius 2 is 2.00 bits per heavy atom. The first-order valence-corrected chi connectivity index (χ1v) is 7.21. The lowest BCUT2D eigenvalue weighted by atomic mass is 9.97. The Bertz CT molecular complexity index is 353. The molecule has 1 aliphatic rings. The molecule has 0 aromatic heterocycles. The van der Waals surface area contributed by atoms with Gasteiger partial charge in [0.15, 0.2) is 0 Å². The van der Waals surface area contributed by atoms with Crippen LogP contribution in [0.5, 0.6) is 0 Å². The summed E-state index contributed by atoms with van der Waals surface area (Å²) < 4.78 is 5.31. The summed E-state index contributed by atoms with van der Waals surface area (Å²) in [6, 6.07) is 0.0178. The van der Waals surface area contributed by atoms with Crippen LogP contribution in [0.25, 0.3) is 0 Å². The average molecular weight is 286 g/mol. The first-order chi connectivity index (χ1) is 9.31. The van der Waals surface area contributed by atoms with Crippen LogP contribution < -0.4 is 0 Å². The Balaban J connectivity index is 2.44. The van der Waals surface area contributed by atoms with Crippen molar-refractivity contribution in [3.05, 3.63) is 0 Å². The minimum atomic E-state index is -0.983. The Morgan fingerprint density at radius 1 is 1.40 bits per heavy atom. The van der Waals surface area contributed by atoms with Gasteiger partial charge < -0.3 is 19.6 Å². The number of hydrogen-bond acceptors (Lipinski definition) is 3. The predicted octanol–water partition coefficient (Wildman–Crippen LogP) is 1.65. The zero-order valence-electron chi connectivity index (χ0n) is 12.9. The van der Waals surface area contributed by atoms with E-state index in [2.05, 4.69) is 13.8 Å². The third-order valence-electron chi connectivity index (χ3n) is 3.75. The highest BCUT2D eigenvalue weighted by atomic mass is 16.5. The monoisotopic (exact) mass is 286 g/mol. The van der Waals surface area contributed by atoms with E-state index in [0.717, 1.165) is 13.0 Å². The molecule has 1 saturated heterocycles. The maximum atomic E-state index is 12.3. The van der Waals surface area contributed by atoms with E-state index in [4.69, 9.17) is 9.84 Å². The van der Waals surface area contributed by atoms with Gasteiger partial charge in [-0.25, -0.2) is 9.59 Å². The number of carboxylic acid groups (broad SMARTS) is 1. The molecule has 116 valence electrons. The quantitative estimate of drug-likeness (QED) is 0.772. The highest BCUT2D eigenvalue weighted by molar-refractivity contribution is 5.75. The molecule has 1 fully saturated rings. The standard InChI is InChI=1S/C14H26N2O4/c1-5-11(3)7-15(6-2)13(19)16-9-14(4,10-16)20-8-12(17)18/h11H,5-10H2,1-4H3,(H,17,18). The number of carboxylic acids is 1. The van der Waals surface area contributed by atoms with Crippen molar-refractivity contribution in [1.82, 2.24) is 9.80 Å². The van der Waals surface area contributed by atoms with Crippen LogP contribution in [0.3, 0.4) is 0 Å². The topological polar surface area (TPSA) is 70.1 Å². The van der Waals surface area contributed by atoms with Crippen LogP contribution in [0.4, 0.5) is 4.79 Å². The van der Waals surface area contributed by atoms with Crippen LogP contribution in [0.15, 0.2) is 0 Å². The molecule has 0 saturated carbocycles. The number of likely N-dealkylation sites (tertiary alicyclic amines) is 1. The fraction of sp³-hybridized carbons (Fsp3) is 0.857. The second-order valence-electron chi connectivity index (χ2n) is 5.82. The number of amides is 2. The minimum absolute atomic E-state index is 0.0178. The summed E-state index contributed by atoms with van der Waals surface area (Å²) in [5.41, 5.74) is -0.524. The molecule has 1 unspecified atom stereocenters. The lowest BCUT2D eigenvalue weighted by Gasteiger charge is -2.48. The largest absolute Gasteiger partial charge is 0.480 e. The summed E-state index contributed by atoms with van der Waals surface area (Å²) in [5.74, 6) is -0.502. The van der Waals surface area contributed by atoms with Gasteiger partial charge >= 0.3 is 12.0 Å². The number of ether oxygens (including phenoxy) is 1. The van der Waals surface area contributed by atoms with E-state index in [-0.39, 0.29) is 12.6 Å². The number of rotatable bonds is 7. The molecule has 1 atom stereocenters. The maximum Gasteiger partial charge on any atom is 0.329 e. The zero-order valence-corrected chi connectivity index (χ0v) is 12.9. The second kappa shape index (κ2) is 6.92. The number of hydrogen-bond donors (Lipinski definition) is 1. The highest BCUT2D eigenvalue weighted by Crippen LogP contribution is 2.26. The number of carbonyl (C=O) groups is 2. The van der Waals surface area contributed by atoms with Crippen molar-refractivity contribution in [2.75, 3.05) is 32.8 Å². The molecule has 1 N–H and O–H groups in total. The van der Waals surface area contributed by atoms with E-state index >= 15 is 0 Å². The molecule has 0 aromatic rings. The number of carbonyl (C=O) groups excluding carboxylic acids is 1. The van der Waals surface area contributed by atoms with E-state index in [9.17, 15) is 9.59 Å². The first kappa shape index (κ1) is 16.8. The molecule has 20 heavy (non-hydrogen) atoms. The van der Waals surface area contributed by atoms with E-state index < -0.39 is 11.6 Å². The molecule has 6 heteroatoms. The second-order valence-corrected chi connectivity index (χ2v) is 5.82. The van der Waals surface area contributed by atoms with Gasteiger partial charge in [-0.05, 0) is 19.8 Å². The number of nitrogens with zero attached hydrogens (tertiary/aromatic N) is 2. The Morgan fingerprint density at radius 3 is 2.45 bits per heavy atom. The molecular weight excluding hydrogens is 260 g/mol. The first-order valence-electron chi connectivity index (χ1n) is 7.21. The molecule has 0 spiro atoms. The summed E-state index contributed by atoms with van der Waals surface area (Å²) >= 11 is 0. The van der Waals surface area contributed by atoms with Crippen molar-refractivity contribution < 1.29 is 19.4 Å². The summed E-state index contributed by atoms with van der Waals surface area (Å²) in [6.45, 7) is 10.1. The van der Waals surface area contributed by atoms with Gasteiger partial charge in [-0.3, -0.25) is 0 Å². The highest BCUT2D eigenvalue weighted by Gasteiger charge is 2.43. The van der Waals surface area contributed by atoms with Crippen molar-refractivity contribution in [3.8, 4) is 0 Å². The van der Waals surface area contributed by atoms with Gasteiger partial charge in [0.2, 0.25) is 0 Å². The van der Waals surface area contributed by atoms with Gasteiger partial charge in [0.05, 0.1) is 13.1 Å². The molecule has 0 aromatic carbocycles. The maximum absolute atomic E-state index is 12.3. The van der Waals surface area contributed by atoms with Crippen molar-refractivity contribution in [3.63, 3.8) is 0 Å². The van der Waals surface area contributed by atoms with E-state index in [1.54, 1.807) is 4.90 Å². The SMILES string of the molecule is CCC(C)CN(CC)C(=O)N1CC(C)(OCC(=O)O)C1. The average Bonchev–Trinajstić information content (AvgIpc) is 2.38. The summed E-state index contributed by atoms with van der Waals surface area (Å²) in [5, 5.41) is 8.61. The van der Waals surface area contributed by atoms with Crippen LogP contribution in [0, 0.1) is 5.92 Å². The Kier molecular flexibility index (Phi) is 5.80. The molecule has 1 aliphatic heterocycles. The lowest BCUT2D eigenvalue weighted by Crippen LogP contribution is -2.65. The molecule has 0 bridgehead atoms. The fourth-order valence-electron chi connectivity index (χ4n) is 2.27. The molecule has 6 nitrogen and oxygen atoms in total. The Labute approximate surface area is 120 Å². The summed E-state index contributed by atoms with van der Waals surface area (Å²) in [4.78, 5) is 26.4. The van der Waals surface area contributed by atoms with Gasteiger partial charge in [0.25, 0.3) is 0 Å². The number of aliphatic carboxylic acids is 1. The molecule has 0 radical (unpaired) electrons. The van der Waals surface area contributed by atoms with Gasteiger partial charge in [0.1, 0.15) is 12.2 Å². The smallest absolute Gasteiger partial charge is 0.329 e. The van der Waals surface area contributed by atoms with Crippen LogP contribution in [0.2, 0.25) is 0 Å². The molecule has 0 aliphatic carbocycles. The van der Waals surface area contributed by atoms with E-state index in [1.807, 2.05) is 18.7 Å². The van der Waals surface area contributed by atoms with Crippen molar-refractivity contribution in [2.24, 2.45) is 5.92 Å². The predicted molar refractivity (Wildman–Crippen MR) is 75.7 cm³/mol. The van der Waals surface area contributed by atoms with Crippen LogP contribution in [0.1, 0.15) is 34.1 Å². The van der Waals surface area contributed by atoms with Gasteiger partial charge in [0, 0.05) is 13.1 Å². The number of urea groups is 1. The molecule has 1 heterocycles. The van der Waals surface area contributed by atoms with Crippen LogP contribution in [-0.4, -0.2) is 65.3 Å². The molecular formula is C14H26N2O4. The minimum Gasteiger partial charge on any atom is -0.480 e. The molecule has 2 amide bonds. The lowest BCUT2D eigenvalue weighted by molar-refractivity contribution is -0.160. The van der Waals surface area contributed by atoms with Crippen LogP contribution >= 0.6 is 0 Å². The molecule has 1 rings (SSSR count). The van der Waals surface area contributed by atoms with Crippen LogP contribution in [-0.2, 0) is 9.53 Å². The van der Waals surface area contributed by atoms with E-state index in [0.29, 0.717) is 25.6 Å². The van der Waals surface area contributed by atoms with E-state index in [1.165, 1.54) is 0 Å². The normalized spacial score (nSPS) is 18.3. The van der Waals surface area contributed by atoms with Crippen molar-refractivity contribution in [2.45, 2.75) is 39.7 Å². The zero-order chi connectivity index (χ0) is 15.3. The van der Waals surface area contributed by atoms with Crippen molar-refractivity contribution in [1.29, 1.82) is 0 Å². The fourth-order valence-corrected chi connectivity index (χ4v) is 2.27. The van der Waals surface area contributed by atoms with Gasteiger partial charge in [-0.1, -0.05) is 20.3 Å². The summed E-state index contributed by atoms with van der Waals surface area (Å²) in [6.07, 6.45) is 1.04. The van der Waals surface area contributed by atoms with Crippen molar-refractivity contribution >= 4 is 12.0 Å². The Hall–Kier alpha value is -1.30.